The third-order valence-corrected chi connectivity index (χ3v) is 5.66. The molecule has 1 aliphatic rings. The van der Waals surface area contributed by atoms with Crippen LogP contribution in [0.3, 0.4) is 0 Å². The van der Waals surface area contributed by atoms with Crippen LogP contribution in [-0.4, -0.2) is 34.0 Å². The molecule has 0 aliphatic carbocycles. The first-order valence-electron chi connectivity index (χ1n) is 8.73. The van der Waals surface area contributed by atoms with Gasteiger partial charge < -0.3 is 15.2 Å². The lowest BCUT2D eigenvalue weighted by atomic mass is 9.96. The van der Waals surface area contributed by atoms with Gasteiger partial charge in [-0.15, -0.1) is 0 Å². The van der Waals surface area contributed by atoms with Crippen LogP contribution in [0.1, 0.15) is 43.1 Å². The number of benzene rings is 1. The highest BCUT2D eigenvalue weighted by molar-refractivity contribution is 7.07. The lowest BCUT2D eigenvalue weighted by molar-refractivity contribution is 0.177. The van der Waals surface area contributed by atoms with Crippen LogP contribution in [0, 0.1) is 0 Å². The van der Waals surface area contributed by atoms with Gasteiger partial charge in [-0.05, 0) is 54.3 Å². The van der Waals surface area contributed by atoms with E-state index in [0.29, 0.717) is 5.92 Å². The third-order valence-electron chi connectivity index (χ3n) is 4.96. The number of nitrogens with one attached hydrogen (secondary N) is 2. The maximum Gasteiger partial charge on any atom is 0.317 e. The smallest absolute Gasteiger partial charge is 0.317 e. The van der Waals surface area contributed by atoms with E-state index >= 15 is 0 Å². The lowest BCUT2D eigenvalue weighted by Crippen LogP contribution is -2.44. The van der Waals surface area contributed by atoms with E-state index in [1.807, 2.05) is 35.4 Å². The Morgan fingerprint density at radius 3 is 2.84 bits per heavy atom. The Balaban J connectivity index is 1.35. The van der Waals surface area contributed by atoms with E-state index in [0.717, 1.165) is 48.4 Å². The van der Waals surface area contributed by atoms with Gasteiger partial charge in [0.05, 0.1) is 17.1 Å². The molecule has 3 heterocycles. The molecule has 5 nitrogen and oxygen atoms in total. The van der Waals surface area contributed by atoms with Crippen molar-refractivity contribution >= 4 is 28.4 Å². The average molecular weight is 354 g/mol. The van der Waals surface area contributed by atoms with Gasteiger partial charge in [-0.1, -0.05) is 12.1 Å². The molecule has 3 aromatic rings. The van der Waals surface area contributed by atoms with Crippen molar-refractivity contribution in [3.8, 4) is 0 Å². The molecule has 2 amide bonds. The van der Waals surface area contributed by atoms with Gasteiger partial charge in [0.1, 0.15) is 5.82 Å². The molecule has 1 aliphatic heterocycles. The summed E-state index contributed by atoms with van der Waals surface area (Å²) >= 11 is 1.65. The molecule has 130 valence electrons. The summed E-state index contributed by atoms with van der Waals surface area (Å²) in [7, 11) is 0. The maximum absolute atomic E-state index is 12.5. The molecule has 2 N–H and O–H groups in total. The van der Waals surface area contributed by atoms with Crippen LogP contribution in [0.4, 0.5) is 4.79 Å². The molecule has 0 saturated carbocycles. The Morgan fingerprint density at radius 1 is 1.32 bits per heavy atom. The molecule has 1 unspecified atom stereocenters. The first kappa shape index (κ1) is 16.1. The van der Waals surface area contributed by atoms with Gasteiger partial charge in [0, 0.05) is 19.0 Å². The molecule has 1 fully saturated rings. The van der Waals surface area contributed by atoms with Crippen LogP contribution in [0.5, 0.6) is 0 Å². The second kappa shape index (κ2) is 6.88. The summed E-state index contributed by atoms with van der Waals surface area (Å²) in [5, 5.41) is 7.22. The highest BCUT2D eigenvalue weighted by Gasteiger charge is 2.26. The lowest BCUT2D eigenvalue weighted by Gasteiger charge is -2.32. The fraction of sp³-hybridized carbons (Fsp3) is 0.368. The van der Waals surface area contributed by atoms with Crippen LogP contribution in [0.15, 0.2) is 41.1 Å². The molecule has 25 heavy (non-hydrogen) atoms. The molecule has 0 radical (unpaired) electrons. The van der Waals surface area contributed by atoms with Crippen molar-refractivity contribution in [1.29, 1.82) is 0 Å². The summed E-state index contributed by atoms with van der Waals surface area (Å²) in [5.41, 5.74) is 3.26. The number of aromatic amines is 1. The summed E-state index contributed by atoms with van der Waals surface area (Å²) in [5.74, 6) is 1.44. The Labute approximate surface area is 151 Å². The summed E-state index contributed by atoms with van der Waals surface area (Å²) in [6, 6.07) is 10.3. The van der Waals surface area contributed by atoms with E-state index in [2.05, 4.69) is 27.8 Å². The Morgan fingerprint density at radius 2 is 2.12 bits per heavy atom. The predicted octanol–water partition coefficient (Wildman–Crippen LogP) is 4.27. The number of thiophene rings is 1. The zero-order valence-electron chi connectivity index (χ0n) is 14.2. The van der Waals surface area contributed by atoms with Crippen molar-refractivity contribution in [3.05, 3.63) is 52.5 Å². The molecule has 2 aromatic heterocycles. The van der Waals surface area contributed by atoms with Crippen LogP contribution in [-0.2, 0) is 0 Å². The van der Waals surface area contributed by atoms with Gasteiger partial charge in [0.2, 0.25) is 0 Å². The number of fused-ring (bicyclic) bond motifs is 1. The number of H-pyrrole nitrogens is 1. The fourth-order valence-corrected chi connectivity index (χ4v) is 4.16. The zero-order chi connectivity index (χ0) is 17.2. The highest BCUT2D eigenvalue weighted by atomic mass is 32.1. The molecule has 1 atom stereocenters. The van der Waals surface area contributed by atoms with Crippen LogP contribution in [0.2, 0.25) is 0 Å². The van der Waals surface area contributed by atoms with Gasteiger partial charge in [0.15, 0.2) is 0 Å². The zero-order valence-corrected chi connectivity index (χ0v) is 15.1. The summed E-state index contributed by atoms with van der Waals surface area (Å²) in [4.78, 5) is 22.5. The second-order valence-electron chi connectivity index (χ2n) is 6.63. The predicted molar refractivity (Wildman–Crippen MR) is 101 cm³/mol. The summed E-state index contributed by atoms with van der Waals surface area (Å²) < 4.78 is 0. The standard InChI is InChI=1S/C19H22N4OS/c1-13(15-8-11-25-12-15)20-19(24)23-9-6-14(7-10-23)18-21-16-4-2-3-5-17(16)22-18/h2-5,8,11-14H,6-7,9-10H2,1H3,(H,20,24)(H,21,22). The number of carbonyl (C=O) groups is 1. The number of imidazole rings is 1. The monoisotopic (exact) mass is 354 g/mol. The normalized spacial score (nSPS) is 16.9. The Kier molecular flexibility index (Phi) is 4.44. The molecule has 6 heteroatoms. The number of hydrogen-bond acceptors (Lipinski definition) is 3. The van der Waals surface area contributed by atoms with Crippen molar-refractivity contribution < 1.29 is 4.79 Å². The first-order valence-corrected chi connectivity index (χ1v) is 9.67. The number of para-hydroxylation sites is 2. The van der Waals surface area contributed by atoms with Crippen LogP contribution >= 0.6 is 11.3 Å². The Bertz CT molecular complexity index is 816. The van der Waals surface area contributed by atoms with Gasteiger partial charge in [-0.25, -0.2) is 9.78 Å². The van der Waals surface area contributed by atoms with Crippen molar-refractivity contribution in [2.24, 2.45) is 0 Å². The third kappa shape index (κ3) is 3.39. The number of piperidine rings is 1. The van der Waals surface area contributed by atoms with E-state index < -0.39 is 0 Å². The summed E-state index contributed by atoms with van der Waals surface area (Å²) in [6.45, 7) is 3.56. The maximum atomic E-state index is 12.5. The molecular weight excluding hydrogens is 332 g/mol. The van der Waals surface area contributed by atoms with E-state index in [1.54, 1.807) is 11.3 Å². The van der Waals surface area contributed by atoms with E-state index in [-0.39, 0.29) is 12.1 Å². The van der Waals surface area contributed by atoms with Crippen LogP contribution in [0.25, 0.3) is 11.0 Å². The summed E-state index contributed by atoms with van der Waals surface area (Å²) in [6.07, 6.45) is 1.89. The number of amides is 2. The topological polar surface area (TPSA) is 61.0 Å². The minimum absolute atomic E-state index is 0.0294. The van der Waals surface area contributed by atoms with E-state index in [4.69, 9.17) is 4.98 Å². The molecule has 4 rings (SSSR count). The van der Waals surface area contributed by atoms with E-state index in [9.17, 15) is 4.79 Å². The van der Waals surface area contributed by atoms with Crippen molar-refractivity contribution in [1.82, 2.24) is 20.2 Å². The van der Waals surface area contributed by atoms with Gasteiger partial charge >= 0.3 is 6.03 Å². The van der Waals surface area contributed by atoms with Crippen molar-refractivity contribution in [3.63, 3.8) is 0 Å². The average Bonchev–Trinajstić information content (AvgIpc) is 3.31. The molecular formula is C19H22N4OS. The van der Waals surface area contributed by atoms with Gasteiger partial charge in [-0.2, -0.15) is 11.3 Å². The number of nitrogens with zero attached hydrogens (tertiary/aromatic N) is 2. The van der Waals surface area contributed by atoms with Crippen molar-refractivity contribution in [2.45, 2.75) is 31.7 Å². The first-order chi connectivity index (χ1) is 12.2. The van der Waals surface area contributed by atoms with Gasteiger partial charge in [-0.3, -0.25) is 0 Å². The fourth-order valence-electron chi connectivity index (χ4n) is 3.40. The van der Waals surface area contributed by atoms with E-state index in [1.165, 1.54) is 0 Å². The molecule has 0 spiro atoms. The highest BCUT2D eigenvalue weighted by Crippen LogP contribution is 2.28. The number of likely N-dealkylation sites (tertiary alicyclic amines) is 1. The Hall–Kier alpha value is -2.34. The SMILES string of the molecule is CC(NC(=O)N1CCC(c2nc3ccccc3[nH]2)CC1)c1ccsc1. The number of rotatable bonds is 3. The molecule has 1 aromatic carbocycles. The largest absolute Gasteiger partial charge is 0.342 e. The minimum atomic E-state index is 0.0294. The second-order valence-corrected chi connectivity index (χ2v) is 7.41. The minimum Gasteiger partial charge on any atom is -0.342 e. The molecule has 0 bridgehead atoms. The van der Waals surface area contributed by atoms with Crippen LogP contribution < -0.4 is 5.32 Å². The number of aromatic nitrogens is 2. The number of urea groups is 1. The number of hydrogen-bond donors (Lipinski definition) is 2. The van der Waals surface area contributed by atoms with Crippen molar-refractivity contribution in [2.75, 3.05) is 13.1 Å². The quantitative estimate of drug-likeness (QED) is 0.738. The van der Waals surface area contributed by atoms with Gasteiger partial charge in [0.25, 0.3) is 0 Å². The molecule has 1 saturated heterocycles. The number of carbonyl (C=O) groups excluding carboxylic acids is 1.